The van der Waals surface area contributed by atoms with Crippen LogP contribution < -0.4 is 32.8 Å². The van der Waals surface area contributed by atoms with Crippen LogP contribution in [-0.2, 0) is 31.6 Å². The molecule has 2 aliphatic rings. The van der Waals surface area contributed by atoms with E-state index in [4.69, 9.17) is 31.9 Å². The number of phosphoric acid groups is 3. The second-order valence-corrected chi connectivity index (χ2v) is 11.9. The monoisotopic (exact) mass is 592 g/mol. The highest BCUT2D eigenvalue weighted by molar-refractivity contribution is 7.66. The average molecular weight is 592 g/mol. The van der Waals surface area contributed by atoms with E-state index >= 15 is 0 Å². The van der Waals surface area contributed by atoms with E-state index in [1.807, 2.05) is 0 Å². The van der Waals surface area contributed by atoms with Crippen LogP contribution in [-0.4, -0.2) is 78.0 Å². The largest absolute Gasteiger partial charge is 0.490 e. The number of aliphatic hydroxyl groups is 1. The van der Waals surface area contributed by atoms with Gasteiger partial charge in [0.1, 0.15) is 18.0 Å². The zero-order valence-corrected chi connectivity index (χ0v) is 21.1. The number of anilines is 3. The highest BCUT2D eigenvalue weighted by atomic mass is 31.3. The molecule has 3 rings (SSSR count). The molecule has 0 bridgehead atoms. The van der Waals surface area contributed by atoms with Crippen LogP contribution in [0.5, 0.6) is 0 Å². The number of hydrogen-bond acceptors (Lipinski definition) is 16. The number of H-pyrrole nitrogens is 1. The summed E-state index contributed by atoms with van der Waals surface area (Å²) in [4.78, 5) is 57.9. The van der Waals surface area contributed by atoms with Crippen LogP contribution in [0.4, 0.5) is 17.5 Å². The Morgan fingerprint density at radius 1 is 1.19 bits per heavy atom. The zero-order valence-electron chi connectivity index (χ0n) is 18.4. The van der Waals surface area contributed by atoms with Crippen LogP contribution in [0.3, 0.4) is 0 Å². The van der Waals surface area contributed by atoms with Crippen LogP contribution in [0.25, 0.3) is 0 Å². The van der Waals surface area contributed by atoms with E-state index in [2.05, 4.69) is 35.1 Å². The maximum atomic E-state index is 12.5. The van der Waals surface area contributed by atoms with Gasteiger partial charge in [-0.3, -0.25) is 14.3 Å². The lowest BCUT2D eigenvalue weighted by atomic mass is 10.2. The number of aliphatic hydroxyl groups excluding tert-OH is 1. The van der Waals surface area contributed by atoms with Gasteiger partial charge in [-0.2, -0.15) is 13.6 Å². The first kappa shape index (κ1) is 29.4. The Morgan fingerprint density at radius 2 is 1.86 bits per heavy atom. The Balaban J connectivity index is 1.70. The average Bonchev–Trinajstić information content (AvgIpc) is 3.23. The van der Waals surface area contributed by atoms with E-state index in [-0.39, 0.29) is 37.1 Å². The van der Waals surface area contributed by atoms with Gasteiger partial charge in [-0.15, -0.1) is 0 Å². The molecular formula is C13H23N8O13P3. The first-order valence-corrected chi connectivity index (χ1v) is 14.3. The summed E-state index contributed by atoms with van der Waals surface area (Å²) in [6.07, 6.45) is -3.68. The number of hydrazine groups is 2. The van der Waals surface area contributed by atoms with Crippen molar-refractivity contribution in [2.45, 2.75) is 24.9 Å². The molecule has 208 valence electrons. The Hall–Kier alpha value is -2.11. The molecule has 1 aromatic rings. The lowest BCUT2D eigenvalue weighted by Gasteiger charge is -2.26. The maximum Gasteiger partial charge on any atom is 0.490 e. The van der Waals surface area contributed by atoms with Crippen molar-refractivity contribution in [3.63, 3.8) is 0 Å². The van der Waals surface area contributed by atoms with E-state index in [1.54, 1.807) is 0 Å². The number of nitrogens with one attached hydrogen (secondary N) is 1. The number of fused-ring (bicyclic) bond motifs is 1. The van der Waals surface area contributed by atoms with Gasteiger partial charge in [-0.25, -0.2) is 30.5 Å². The van der Waals surface area contributed by atoms with Crippen molar-refractivity contribution in [2.24, 2.45) is 11.7 Å². The molecule has 0 saturated carbocycles. The van der Waals surface area contributed by atoms with Crippen molar-refractivity contribution >= 4 is 40.9 Å². The van der Waals surface area contributed by atoms with E-state index in [0.717, 1.165) is 0 Å². The van der Waals surface area contributed by atoms with Gasteiger partial charge in [0.05, 0.1) is 25.9 Å². The first-order valence-electron chi connectivity index (χ1n) is 9.77. The third kappa shape index (κ3) is 7.94. The lowest BCUT2D eigenvalue weighted by molar-refractivity contribution is -0.0215. The summed E-state index contributed by atoms with van der Waals surface area (Å²) in [7, 11) is -16.7. The van der Waals surface area contributed by atoms with Crippen LogP contribution in [0, 0.1) is 12.0 Å². The molecule has 2 aliphatic heterocycles. The summed E-state index contributed by atoms with van der Waals surface area (Å²) >= 11 is 0. The Labute approximate surface area is 207 Å². The lowest BCUT2D eigenvalue weighted by Crippen LogP contribution is -2.40. The zero-order chi connectivity index (χ0) is 27.8. The summed E-state index contributed by atoms with van der Waals surface area (Å²) in [6, 6.07) is 2.37. The second kappa shape index (κ2) is 10.9. The van der Waals surface area contributed by atoms with Crippen LogP contribution >= 0.6 is 23.5 Å². The molecule has 0 aromatic carbocycles. The Kier molecular flexibility index (Phi) is 8.71. The van der Waals surface area contributed by atoms with Crippen LogP contribution in [0.15, 0.2) is 4.79 Å². The standard InChI is InChI=1S/C13H23N8O13P3/c14-13-17-11-10(12(23)18-13)19(2-1-3-21(15)16)6-20(11)9-4-7(22)8(32-9)5-31-36(27,28)34-37(29,30)33-35(24,25)26/h7-9,22H,2,4-6,15-16H2,(H,27,28)(H,29,30)(H2,24,25,26)(H3,14,17,18,23)/t7-,8+,9+/m0/s1. The predicted molar refractivity (Wildman–Crippen MR) is 121 cm³/mol. The molecular weight excluding hydrogens is 569 g/mol. The van der Waals surface area contributed by atoms with Gasteiger partial charge in [0, 0.05) is 12.5 Å². The number of rotatable bonds is 9. The number of aromatic nitrogens is 2. The van der Waals surface area contributed by atoms with Crippen molar-refractivity contribution in [1.82, 2.24) is 15.1 Å². The van der Waals surface area contributed by atoms with Gasteiger partial charge in [0.25, 0.3) is 5.56 Å². The minimum Gasteiger partial charge on any atom is -0.390 e. The summed E-state index contributed by atoms with van der Waals surface area (Å²) in [5.74, 6) is 13.0. The maximum absolute atomic E-state index is 12.5. The Morgan fingerprint density at radius 3 is 2.49 bits per heavy atom. The molecule has 21 nitrogen and oxygen atoms in total. The van der Waals surface area contributed by atoms with Gasteiger partial charge in [0.2, 0.25) is 5.95 Å². The van der Waals surface area contributed by atoms with Gasteiger partial charge >= 0.3 is 23.5 Å². The fourth-order valence-corrected chi connectivity index (χ4v) is 6.42. The summed E-state index contributed by atoms with van der Waals surface area (Å²) < 4.78 is 51.5. The molecule has 1 aromatic heterocycles. The van der Waals surface area contributed by atoms with Crippen LogP contribution in [0.2, 0.25) is 0 Å². The number of hydrogen-bond donors (Lipinski definition) is 9. The molecule has 0 spiro atoms. The van der Waals surface area contributed by atoms with Gasteiger partial charge in [-0.05, 0) is 0 Å². The molecule has 1 saturated heterocycles. The predicted octanol–water partition coefficient (Wildman–Crippen LogP) is -3.23. The van der Waals surface area contributed by atoms with E-state index < -0.39 is 54.1 Å². The fourth-order valence-electron chi connectivity index (χ4n) is 3.39. The second-order valence-electron chi connectivity index (χ2n) is 7.45. The third-order valence-corrected chi connectivity index (χ3v) is 8.46. The minimum absolute atomic E-state index is 0.0152. The molecule has 0 radical (unpaired) electrons. The molecule has 1 fully saturated rings. The molecule has 2 unspecified atom stereocenters. The van der Waals surface area contributed by atoms with Crippen molar-refractivity contribution in [1.29, 1.82) is 0 Å². The molecule has 5 atom stereocenters. The van der Waals surface area contributed by atoms with Gasteiger partial charge < -0.3 is 45.0 Å². The van der Waals surface area contributed by atoms with E-state index in [9.17, 15) is 33.4 Å². The minimum atomic E-state index is -5.71. The molecule has 0 aliphatic carbocycles. The smallest absolute Gasteiger partial charge is 0.390 e. The highest BCUT2D eigenvalue weighted by Crippen LogP contribution is 2.66. The Bertz CT molecular complexity index is 1280. The van der Waals surface area contributed by atoms with Crippen LogP contribution in [0.1, 0.15) is 6.42 Å². The normalized spacial score (nSPS) is 24.7. The van der Waals surface area contributed by atoms with E-state index in [0.29, 0.717) is 5.12 Å². The topological polar surface area (TPSA) is 323 Å². The van der Waals surface area contributed by atoms with Gasteiger partial charge in [-0.1, -0.05) is 5.92 Å². The number of aromatic amines is 1. The number of phosphoric ester groups is 1. The molecule has 37 heavy (non-hydrogen) atoms. The number of ether oxygens (including phenoxy) is 1. The van der Waals surface area contributed by atoms with Crippen molar-refractivity contribution in [3.8, 4) is 12.0 Å². The number of nitrogens with two attached hydrogens (primary N) is 3. The fraction of sp³-hybridized carbons (Fsp3) is 0.538. The molecule has 0 amide bonds. The summed E-state index contributed by atoms with van der Waals surface area (Å²) in [5, 5.41) is 11.0. The van der Waals surface area contributed by atoms with E-state index in [1.165, 1.54) is 9.80 Å². The summed E-state index contributed by atoms with van der Waals surface area (Å²) in [5.41, 5.74) is 5.14. The van der Waals surface area contributed by atoms with Gasteiger partial charge in [0.15, 0.2) is 5.82 Å². The SMILES string of the molecule is Nc1nc2c(c(=O)[nH]1)N(CC#CN(N)N)CN2[C@H]1C[C@H](O)[C@@H](COP(=O)(O)OP(=O)(O)OP(=O)(O)O)O1. The third-order valence-electron chi connectivity index (χ3n) is 4.65. The first-order chi connectivity index (χ1) is 17.0. The van der Waals surface area contributed by atoms with Crippen molar-refractivity contribution < 1.29 is 56.3 Å². The summed E-state index contributed by atoms with van der Waals surface area (Å²) in [6.45, 7) is -0.905. The molecule has 3 heterocycles. The molecule has 12 N–H and O–H groups in total. The number of nitrogens with zero attached hydrogens (tertiary/aromatic N) is 4. The quantitative estimate of drug-likeness (QED) is 0.0447. The van der Waals surface area contributed by atoms with Crippen molar-refractivity contribution in [2.75, 3.05) is 35.4 Å². The number of nitrogen functional groups attached to an aromatic ring is 1. The highest BCUT2D eigenvalue weighted by Gasteiger charge is 2.45. The van der Waals surface area contributed by atoms with Crippen molar-refractivity contribution in [3.05, 3.63) is 10.4 Å². The molecule has 24 heteroatoms.